The number of nitrogen functional groups attached to an aromatic ring is 1. The van der Waals surface area contributed by atoms with Gasteiger partial charge in [-0.15, -0.1) is 0 Å². The Labute approximate surface area is 110 Å². The van der Waals surface area contributed by atoms with Gasteiger partial charge in [-0.25, -0.2) is 9.18 Å². The largest absolute Gasteiger partial charge is 0.469 e. The first kappa shape index (κ1) is 14.9. The molecule has 0 spiro atoms. The third kappa shape index (κ3) is 3.67. The molecular weight excluding hydrogens is 253 g/mol. The molecule has 0 aliphatic rings. The normalized spacial score (nSPS) is 10.9. The molecule has 0 fully saturated rings. The van der Waals surface area contributed by atoms with E-state index in [1.54, 1.807) is 13.8 Å². The third-order valence-corrected chi connectivity index (χ3v) is 2.53. The summed E-state index contributed by atoms with van der Waals surface area (Å²) >= 11 is 0. The first-order valence-corrected chi connectivity index (χ1v) is 5.58. The number of carbonyl (C=O) groups excluding carboxylic acids is 2. The summed E-state index contributed by atoms with van der Waals surface area (Å²) in [6.45, 7) is 3.03. The summed E-state index contributed by atoms with van der Waals surface area (Å²) < 4.78 is 22.5. The minimum Gasteiger partial charge on any atom is -0.469 e. The van der Waals surface area contributed by atoms with Gasteiger partial charge in [-0.2, -0.15) is 0 Å². The quantitative estimate of drug-likeness (QED) is 0.665. The van der Waals surface area contributed by atoms with Crippen molar-refractivity contribution in [3.05, 3.63) is 29.6 Å². The standard InChI is InChI=1S/C13H16FNO4/c1-13(2,12(17)18-3)7-19-11(16)8-4-5-9(14)10(15)6-8/h4-6H,7,15H2,1-3H3. The molecule has 5 nitrogen and oxygen atoms in total. The van der Waals surface area contributed by atoms with E-state index < -0.39 is 23.2 Å². The first-order chi connectivity index (χ1) is 8.77. The van der Waals surface area contributed by atoms with Crippen LogP contribution >= 0.6 is 0 Å². The number of benzene rings is 1. The zero-order valence-corrected chi connectivity index (χ0v) is 11.0. The summed E-state index contributed by atoms with van der Waals surface area (Å²) in [7, 11) is 1.26. The van der Waals surface area contributed by atoms with E-state index in [1.807, 2.05) is 0 Å². The lowest BCUT2D eigenvalue weighted by atomic mass is 9.95. The lowest BCUT2D eigenvalue weighted by Crippen LogP contribution is -2.32. The molecule has 104 valence electrons. The monoisotopic (exact) mass is 269 g/mol. The van der Waals surface area contributed by atoms with Crippen molar-refractivity contribution in [3.8, 4) is 0 Å². The molecule has 0 atom stereocenters. The molecule has 0 heterocycles. The van der Waals surface area contributed by atoms with E-state index in [2.05, 4.69) is 4.74 Å². The molecule has 1 rings (SSSR count). The van der Waals surface area contributed by atoms with Crippen LogP contribution in [0.15, 0.2) is 18.2 Å². The van der Waals surface area contributed by atoms with Gasteiger partial charge in [0.2, 0.25) is 0 Å². The molecule has 0 saturated heterocycles. The number of halogens is 1. The van der Waals surface area contributed by atoms with E-state index in [0.29, 0.717) is 0 Å². The van der Waals surface area contributed by atoms with Crippen LogP contribution in [0.3, 0.4) is 0 Å². The number of methoxy groups -OCH3 is 1. The van der Waals surface area contributed by atoms with Gasteiger partial charge < -0.3 is 15.2 Å². The Kier molecular flexibility index (Phi) is 4.47. The van der Waals surface area contributed by atoms with Crippen molar-refractivity contribution in [1.82, 2.24) is 0 Å². The first-order valence-electron chi connectivity index (χ1n) is 5.58. The van der Waals surface area contributed by atoms with Gasteiger partial charge in [-0.1, -0.05) is 0 Å². The number of esters is 2. The molecule has 1 aromatic carbocycles. The molecule has 0 aromatic heterocycles. The van der Waals surface area contributed by atoms with E-state index >= 15 is 0 Å². The van der Waals surface area contributed by atoms with Crippen LogP contribution in [0.25, 0.3) is 0 Å². The van der Waals surface area contributed by atoms with Crippen LogP contribution in [-0.2, 0) is 14.3 Å². The maximum Gasteiger partial charge on any atom is 0.338 e. The maximum atomic E-state index is 13.0. The SMILES string of the molecule is COC(=O)C(C)(C)COC(=O)c1ccc(F)c(N)c1. The average molecular weight is 269 g/mol. The van der Waals surface area contributed by atoms with Gasteiger partial charge in [0.15, 0.2) is 0 Å². The van der Waals surface area contributed by atoms with Crippen LogP contribution in [0.2, 0.25) is 0 Å². The molecule has 0 amide bonds. The highest BCUT2D eigenvalue weighted by atomic mass is 19.1. The summed E-state index contributed by atoms with van der Waals surface area (Å²) in [6.07, 6.45) is 0. The van der Waals surface area contributed by atoms with E-state index in [9.17, 15) is 14.0 Å². The van der Waals surface area contributed by atoms with Crippen molar-refractivity contribution in [3.63, 3.8) is 0 Å². The zero-order valence-electron chi connectivity index (χ0n) is 11.0. The van der Waals surface area contributed by atoms with Crippen molar-refractivity contribution in [1.29, 1.82) is 0 Å². The van der Waals surface area contributed by atoms with E-state index in [1.165, 1.54) is 19.2 Å². The molecule has 1 aromatic rings. The Balaban J connectivity index is 2.70. The second-order valence-electron chi connectivity index (χ2n) is 4.69. The van der Waals surface area contributed by atoms with Crippen LogP contribution in [0, 0.1) is 11.2 Å². The topological polar surface area (TPSA) is 78.6 Å². The van der Waals surface area contributed by atoms with Gasteiger partial charge >= 0.3 is 11.9 Å². The number of ether oxygens (including phenoxy) is 2. The average Bonchev–Trinajstić information content (AvgIpc) is 2.38. The summed E-state index contributed by atoms with van der Waals surface area (Å²) in [6, 6.07) is 3.53. The molecule has 0 aliphatic heterocycles. The molecule has 6 heteroatoms. The molecule has 0 bridgehead atoms. The van der Waals surface area contributed by atoms with Crippen molar-refractivity contribution < 1.29 is 23.5 Å². The Morgan fingerprint density at radius 2 is 2.00 bits per heavy atom. The van der Waals surface area contributed by atoms with Crippen LogP contribution in [0.5, 0.6) is 0 Å². The molecular formula is C13H16FNO4. The number of rotatable bonds is 4. The highest BCUT2D eigenvalue weighted by Crippen LogP contribution is 2.19. The fraction of sp³-hybridized carbons (Fsp3) is 0.385. The molecule has 2 N–H and O–H groups in total. The summed E-state index contributed by atoms with van der Waals surface area (Å²) in [4.78, 5) is 23.1. The molecule has 0 unspecified atom stereocenters. The van der Waals surface area contributed by atoms with Crippen LogP contribution in [0.4, 0.5) is 10.1 Å². The van der Waals surface area contributed by atoms with Gasteiger partial charge in [0.05, 0.1) is 23.8 Å². The lowest BCUT2D eigenvalue weighted by Gasteiger charge is -2.20. The highest BCUT2D eigenvalue weighted by Gasteiger charge is 2.30. The Bertz CT molecular complexity index is 499. The lowest BCUT2D eigenvalue weighted by molar-refractivity contribution is -0.152. The number of hydrogen-bond acceptors (Lipinski definition) is 5. The number of hydrogen-bond donors (Lipinski definition) is 1. The van der Waals surface area contributed by atoms with Gasteiger partial charge in [0.25, 0.3) is 0 Å². The number of anilines is 1. The van der Waals surface area contributed by atoms with Crippen LogP contribution in [-0.4, -0.2) is 25.7 Å². The van der Waals surface area contributed by atoms with Gasteiger partial charge in [-0.3, -0.25) is 4.79 Å². The predicted octanol–water partition coefficient (Wildman–Crippen LogP) is 1.76. The van der Waals surface area contributed by atoms with Crippen molar-refractivity contribution >= 4 is 17.6 Å². The number of carbonyl (C=O) groups is 2. The fourth-order valence-electron chi connectivity index (χ4n) is 1.34. The molecule has 0 aliphatic carbocycles. The minimum atomic E-state index is -0.948. The summed E-state index contributed by atoms with van der Waals surface area (Å²) in [5.41, 5.74) is 4.39. The molecule has 0 radical (unpaired) electrons. The van der Waals surface area contributed by atoms with Crippen molar-refractivity contribution in [2.75, 3.05) is 19.5 Å². The summed E-state index contributed by atoms with van der Waals surface area (Å²) in [5.74, 6) is -1.77. The van der Waals surface area contributed by atoms with Crippen LogP contribution in [0.1, 0.15) is 24.2 Å². The second kappa shape index (κ2) is 5.69. The Morgan fingerprint density at radius 1 is 1.37 bits per heavy atom. The predicted molar refractivity (Wildman–Crippen MR) is 66.9 cm³/mol. The Hall–Kier alpha value is -2.11. The number of nitrogens with two attached hydrogens (primary N) is 1. The van der Waals surface area contributed by atoms with Gasteiger partial charge in [0, 0.05) is 0 Å². The second-order valence-corrected chi connectivity index (χ2v) is 4.69. The Morgan fingerprint density at radius 3 is 2.53 bits per heavy atom. The molecule has 19 heavy (non-hydrogen) atoms. The molecule has 0 saturated carbocycles. The highest BCUT2D eigenvalue weighted by molar-refractivity contribution is 5.90. The maximum absolute atomic E-state index is 13.0. The zero-order chi connectivity index (χ0) is 14.6. The van der Waals surface area contributed by atoms with Crippen molar-refractivity contribution in [2.24, 2.45) is 5.41 Å². The van der Waals surface area contributed by atoms with Gasteiger partial charge in [0.1, 0.15) is 12.4 Å². The van der Waals surface area contributed by atoms with Crippen molar-refractivity contribution in [2.45, 2.75) is 13.8 Å². The van der Waals surface area contributed by atoms with E-state index in [4.69, 9.17) is 10.5 Å². The fourth-order valence-corrected chi connectivity index (χ4v) is 1.34. The van der Waals surface area contributed by atoms with Crippen LogP contribution < -0.4 is 5.73 Å². The van der Waals surface area contributed by atoms with Gasteiger partial charge in [-0.05, 0) is 32.0 Å². The van der Waals surface area contributed by atoms with E-state index in [0.717, 1.165) is 6.07 Å². The summed E-state index contributed by atoms with van der Waals surface area (Å²) in [5, 5.41) is 0. The third-order valence-electron chi connectivity index (χ3n) is 2.53. The smallest absolute Gasteiger partial charge is 0.338 e. The minimum absolute atomic E-state index is 0.125. The van der Waals surface area contributed by atoms with E-state index in [-0.39, 0.29) is 17.9 Å².